The SMILES string of the molecule is C[C@H](NC(=O)C12CC3CC(CC(C3)C1)C2)C(=O)Nc1ccc(S(=O)(=O)Nc2nccs2)cc1. The number of sulfonamides is 1. The first-order valence-corrected chi connectivity index (χ1v) is 13.7. The molecule has 8 nitrogen and oxygen atoms in total. The zero-order chi connectivity index (χ0) is 23.2. The topological polar surface area (TPSA) is 117 Å². The van der Waals surface area contributed by atoms with Crippen LogP contribution in [0.5, 0.6) is 0 Å². The van der Waals surface area contributed by atoms with Crippen LogP contribution in [0.1, 0.15) is 45.4 Å². The lowest BCUT2D eigenvalue weighted by molar-refractivity contribution is -0.147. The van der Waals surface area contributed by atoms with Gasteiger partial charge in [0, 0.05) is 22.7 Å². The van der Waals surface area contributed by atoms with Crippen LogP contribution in [-0.2, 0) is 19.6 Å². The van der Waals surface area contributed by atoms with Gasteiger partial charge in [-0.1, -0.05) is 0 Å². The van der Waals surface area contributed by atoms with E-state index < -0.39 is 16.1 Å². The maximum atomic E-state index is 13.2. The first kappa shape index (κ1) is 22.3. The molecule has 3 N–H and O–H groups in total. The number of anilines is 2. The lowest BCUT2D eigenvalue weighted by Gasteiger charge is -2.55. The molecule has 4 aliphatic rings. The van der Waals surface area contributed by atoms with Crippen molar-refractivity contribution in [2.75, 3.05) is 10.0 Å². The third-order valence-corrected chi connectivity index (χ3v) is 9.52. The Bertz CT molecular complexity index is 1110. The van der Waals surface area contributed by atoms with Crippen LogP contribution in [0.4, 0.5) is 10.8 Å². The molecule has 176 valence electrons. The van der Waals surface area contributed by atoms with Crippen molar-refractivity contribution in [3.8, 4) is 0 Å². The zero-order valence-electron chi connectivity index (χ0n) is 18.4. The Hall–Kier alpha value is -2.46. The monoisotopic (exact) mass is 488 g/mol. The minimum atomic E-state index is -3.75. The second kappa shape index (κ2) is 8.39. The van der Waals surface area contributed by atoms with Crippen molar-refractivity contribution in [2.45, 2.75) is 56.4 Å². The summed E-state index contributed by atoms with van der Waals surface area (Å²) in [4.78, 5) is 29.9. The third-order valence-electron chi connectivity index (χ3n) is 7.35. The summed E-state index contributed by atoms with van der Waals surface area (Å²) < 4.78 is 27.3. The molecule has 4 fully saturated rings. The van der Waals surface area contributed by atoms with Crippen LogP contribution < -0.4 is 15.4 Å². The average molecular weight is 489 g/mol. The highest BCUT2D eigenvalue weighted by Crippen LogP contribution is 2.60. The van der Waals surface area contributed by atoms with Crippen molar-refractivity contribution < 1.29 is 18.0 Å². The summed E-state index contributed by atoms with van der Waals surface area (Å²) >= 11 is 1.19. The van der Waals surface area contributed by atoms with E-state index in [1.165, 1.54) is 61.1 Å². The summed E-state index contributed by atoms with van der Waals surface area (Å²) in [5, 5.41) is 7.69. The van der Waals surface area contributed by atoms with Crippen LogP contribution in [0.2, 0.25) is 0 Å². The lowest BCUT2D eigenvalue weighted by Crippen LogP contribution is -2.56. The molecule has 6 rings (SSSR count). The molecule has 10 heteroatoms. The van der Waals surface area contributed by atoms with Gasteiger partial charge in [-0.05, 0) is 87.5 Å². The van der Waals surface area contributed by atoms with Gasteiger partial charge in [0.05, 0.1) is 4.90 Å². The number of carbonyl (C=O) groups is 2. The number of thiazole rings is 1. The van der Waals surface area contributed by atoms with E-state index in [0.29, 0.717) is 23.4 Å². The minimum Gasteiger partial charge on any atom is -0.344 e. The number of hydrogen-bond donors (Lipinski definition) is 3. The van der Waals surface area contributed by atoms with Crippen molar-refractivity contribution in [1.29, 1.82) is 0 Å². The summed E-state index contributed by atoms with van der Waals surface area (Å²) in [7, 11) is -3.75. The van der Waals surface area contributed by atoms with Crippen LogP contribution in [0.15, 0.2) is 40.7 Å². The molecule has 2 amide bonds. The predicted molar refractivity (Wildman–Crippen MR) is 126 cm³/mol. The molecular formula is C23H28N4O4S2. The summed E-state index contributed by atoms with van der Waals surface area (Å²) in [6.45, 7) is 1.69. The second-order valence-electron chi connectivity index (χ2n) is 9.85. The van der Waals surface area contributed by atoms with Gasteiger partial charge < -0.3 is 10.6 Å². The molecule has 1 aromatic heterocycles. The largest absolute Gasteiger partial charge is 0.344 e. The van der Waals surface area contributed by atoms with E-state index in [-0.39, 0.29) is 27.3 Å². The fraction of sp³-hybridized carbons (Fsp3) is 0.522. The Balaban J connectivity index is 1.19. The lowest BCUT2D eigenvalue weighted by atomic mass is 9.49. The van der Waals surface area contributed by atoms with E-state index >= 15 is 0 Å². The fourth-order valence-corrected chi connectivity index (χ4v) is 8.01. The van der Waals surface area contributed by atoms with Crippen molar-refractivity contribution in [3.63, 3.8) is 0 Å². The molecule has 0 unspecified atom stereocenters. The molecule has 2 aromatic rings. The molecule has 4 aliphatic carbocycles. The zero-order valence-corrected chi connectivity index (χ0v) is 20.0. The van der Waals surface area contributed by atoms with Crippen molar-refractivity contribution in [3.05, 3.63) is 35.8 Å². The highest BCUT2D eigenvalue weighted by molar-refractivity contribution is 7.93. The smallest absolute Gasteiger partial charge is 0.263 e. The molecule has 4 bridgehead atoms. The van der Waals surface area contributed by atoms with Gasteiger partial charge in [-0.15, -0.1) is 11.3 Å². The third kappa shape index (κ3) is 4.50. The summed E-state index contributed by atoms with van der Waals surface area (Å²) in [6.07, 6.45) is 8.14. The summed E-state index contributed by atoms with van der Waals surface area (Å²) in [6, 6.07) is 5.22. The Kier molecular flexibility index (Phi) is 5.68. The number of benzene rings is 1. The van der Waals surface area contributed by atoms with E-state index in [4.69, 9.17) is 0 Å². The predicted octanol–water partition coefficient (Wildman–Crippen LogP) is 3.60. The number of rotatable bonds is 7. The van der Waals surface area contributed by atoms with Crippen molar-refractivity contribution in [1.82, 2.24) is 10.3 Å². The highest BCUT2D eigenvalue weighted by atomic mass is 32.2. The normalized spacial score (nSPS) is 28.8. The summed E-state index contributed by atoms with van der Waals surface area (Å²) in [5.41, 5.74) is 0.160. The number of aromatic nitrogens is 1. The molecule has 0 aliphatic heterocycles. The quantitative estimate of drug-likeness (QED) is 0.550. The molecule has 4 saturated carbocycles. The van der Waals surface area contributed by atoms with Crippen LogP contribution >= 0.6 is 11.3 Å². The fourth-order valence-electron chi connectivity index (χ4n) is 6.22. The Morgan fingerprint density at radius 2 is 1.67 bits per heavy atom. The van der Waals surface area contributed by atoms with Crippen molar-refractivity contribution in [2.24, 2.45) is 23.2 Å². The molecular weight excluding hydrogens is 460 g/mol. The van der Waals surface area contributed by atoms with Gasteiger partial charge in [0.15, 0.2) is 5.13 Å². The van der Waals surface area contributed by atoms with Crippen LogP contribution in [0.25, 0.3) is 0 Å². The maximum Gasteiger partial charge on any atom is 0.263 e. The van der Waals surface area contributed by atoms with E-state index in [1.54, 1.807) is 12.3 Å². The van der Waals surface area contributed by atoms with E-state index in [1.807, 2.05) is 0 Å². The molecule has 0 radical (unpaired) electrons. The number of hydrogen-bond acceptors (Lipinski definition) is 6. The highest BCUT2D eigenvalue weighted by Gasteiger charge is 2.54. The van der Waals surface area contributed by atoms with E-state index in [0.717, 1.165) is 19.3 Å². The Morgan fingerprint density at radius 3 is 2.21 bits per heavy atom. The summed E-state index contributed by atoms with van der Waals surface area (Å²) in [5.74, 6) is 1.66. The van der Waals surface area contributed by atoms with Gasteiger partial charge in [-0.3, -0.25) is 14.3 Å². The van der Waals surface area contributed by atoms with Gasteiger partial charge >= 0.3 is 0 Å². The first-order valence-electron chi connectivity index (χ1n) is 11.4. The number of carbonyl (C=O) groups excluding carboxylic acids is 2. The molecule has 33 heavy (non-hydrogen) atoms. The molecule has 1 atom stereocenters. The average Bonchev–Trinajstić information content (AvgIpc) is 3.25. The number of nitrogens with one attached hydrogen (secondary N) is 3. The second-order valence-corrected chi connectivity index (χ2v) is 12.4. The van der Waals surface area contributed by atoms with Crippen LogP contribution in [0.3, 0.4) is 0 Å². The van der Waals surface area contributed by atoms with Gasteiger partial charge in [-0.25, -0.2) is 13.4 Å². The molecule has 0 saturated heterocycles. The van der Waals surface area contributed by atoms with Gasteiger partial charge in [0.2, 0.25) is 11.8 Å². The number of nitrogens with zero attached hydrogens (tertiary/aromatic N) is 1. The van der Waals surface area contributed by atoms with E-state index in [9.17, 15) is 18.0 Å². The maximum absolute atomic E-state index is 13.2. The first-order chi connectivity index (χ1) is 15.7. The standard InChI is InChI=1S/C23H28N4O4S2/c1-14(25-21(29)23-11-15-8-16(12-23)10-17(9-15)13-23)20(28)26-18-2-4-19(5-3-18)33(30,31)27-22-24-6-7-32-22/h2-7,14-17H,8-13H2,1H3,(H,24,27)(H,25,29)(H,26,28)/t14-,15?,16?,17?,23?/m0/s1. The molecule has 1 aromatic carbocycles. The Labute approximate surface area is 197 Å². The number of amides is 2. The van der Waals surface area contributed by atoms with Gasteiger partial charge in [0.1, 0.15) is 6.04 Å². The van der Waals surface area contributed by atoms with Crippen molar-refractivity contribution >= 4 is 44.0 Å². The van der Waals surface area contributed by atoms with Gasteiger partial charge in [-0.2, -0.15) is 0 Å². The minimum absolute atomic E-state index is 0.0129. The van der Waals surface area contributed by atoms with Gasteiger partial charge in [0.25, 0.3) is 10.0 Å². The Morgan fingerprint density at radius 1 is 1.06 bits per heavy atom. The molecule has 0 spiro atoms. The van der Waals surface area contributed by atoms with Crippen LogP contribution in [-0.4, -0.2) is 31.3 Å². The van der Waals surface area contributed by atoms with Crippen LogP contribution in [0, 0.1) is 23.2 Å². The van der Waals surface area contributed by atoms with E-state index in [2.05, 4.69) is 20.3 Å². The molecule has 1 heterocycles.